The van der Waals surface area contributed by atoms with Gasteiger partial charge in [-0.2, -0.15) is 0 Å². The summed E-state index contributed by atoms with van der Waals surface area (Å²) in [7, 11) is 0. The molecule has 1 aliphatic carbocycles. The molecule has 0 amide bonds. The minimum atomic E-state index is -0.862. The molecule has 6 heteroatoms. The molecule has 6 rings (SSSR count). The van der Waals surface area contributed by atoms with E-state index in [1.807, 2.05) is 31.2 Å². The highest BCUT2D eigenvalue weighted by molar-refractivity contribution is 5.94. The second-order valence-electron chi connectivity index (χ2n) is 10.3. The van der Waals surface area contributed by atoms with E-state index >= 15 is 0 Å². The van der Waals surface area contributed by atoms with E-state index < -0.39 is 5.97 Å². The number of aryl methyl sites for hydroxylation is 1. The van der Waals surface area contributed by atoms with Crippen LogP contribution in [-0.2, 0) is 21.4 Å². The summed E-state index contributed by atoms with van der Waals surface area (Å²) in [5.74, 6) is 0.310. The Morgan fingerprint density at radius 2 is 1.89 bits per heavy atom. The lowest BCUT2D eigenvalue weighted by Crippen LogP contribution is -2.32. The molecular formula is C31H30N2O4. The second kappa shape index (κ2) is 9.20. The summed E-state index contributed by atoms with van der Waals surface area (Å²) in [6.07, 6.45) is 4.25. The summed E-state index contributed by atoms with van der Waals surface area (Å²) in [6.45, 7) is 3.41. The third kappa shape index (κ3) is 4.21. The lowest BCUT2D eigenvalue weighted by Gasteiger charge is -2.34. The molecule has 1 aromatic heterocycles. The summed E-state index contributed by atoms with van der Waals surface area (Å²) < 4.78 is 12.4. The predicted octanol–water partition coefficient (Wildman–Crippen LogP) is 5.99. The van der Waals surface area contributed by atoms with E-state index in [-0.39, 0.29) is 17.9 Å². The first-order chi connectivity index (χ1) is 17.9. The number of nitrogens with zero attached hydrogens (tertiary/aromatic N) is 1. The van der Waals surface area contributed by atoms with Crippen LogP contribution in [0, 0.1) is 6.92 Å². The highest BCUT2D eigenvalue weighted by Gasteiger charge is 2.46. The number of carboxylic acid groups (broad SMARTS) is 1. The molecule has 1 atom stereocenters. The zero-order valence-corrected chi connectivity index (χ0v) is 20.9. The van der Waals surface area contributed by atoms with Crippen molar-refractivity contribution < 1.29 is 19.4 Å². The van der Waals surface area contributed by atoms with Crippen molar-refractivity contribution >= 4 is 22.6 Å². The molecule has 188 valence electrons. The normalized spacial score (nSPS) is 18.1. The Kier molecular flexibility index (Phi) is 5.84. The van der Waals surface area contributed by atoms with Gasteiger partial charge in [-0.15, -0.1) is 0 Å². The Labute approximate surface area is 216 Å². The number of aromatic nitrogens is 1. The van der Waals surface area contributed by atoms with Gasteiger partial charge in [0.2, 0.25) is 0 Å². The number of carbonyl (C=O) groups is 1. The van der Waals surface area contributed by atoms with Crippen LogP contribution in [0.25, 0.3) is 21.9 Å². The second-order valence-corrected chi connectivity index (χ2v) is 10.3. The van der Waals surface area contributed by atoms with Crippen LogP contribution < -0.4 is 10.5 Å². The highest BCUT2D eigenvalue weighted by atomic mass is 16.5. The summed E-state index contributed by atoms with van der Waals surface area (Å²) in [5, 5.41) is 11.5. The molecule has 3 aromatic carbocycles. The molecule has 2 heterocycles. The largest absolute Gasteiger partial charge is 0.485 e. The van der Waals surface area contributed by atoms with Crippen LogP contribution >= 0.6 is 0 Å². The summed E-state index contributed by atoms with van der Waals surface area (Å²) in [5.41, 5.74) is 12.5. The van der Waals surface area contributed by atoms with Gasteiger partial charge in [-0.3, -0.25) is 4.79 Å². The van der Waals surface area contributed by atoms with Crippen molar-refractivity contribution in [3.63, 3.8) is 0 Å². The van der Waals surface area contributed by atoms with Gasteiger partial charge in [0.1, 0.15) is 17.7 Å². The van der Waals surface area contributed by atoms with Gasteiger partial charge >= 0.3 is 5.97 Å². The van der Waals surface area contributed by atoms with E-state index in [1.54, 1.807) is 6.20 Å². The van der Waals surface area contributed by atoms with Gasteiger partial charge in [0, 0.05) is 35.8 Å². The van der Waals surface area contributed by atoms with E-state index in [1.165, 1.54) is 11.1 Å². The third-order valence-electron chi connectivity index (χ3n) is 8.09. The first kappa shape index (κ1) is 23.5. The van der Waals surface area contributed by atoms with Crippen LogP contribution in [0.4, 0.5) is 5.82 Å². The number of hydrogen-bond donors (Lipinski definition) is 2. The van der Waals surface area contributed by atoms with Crippen molar-refractivity contribution in [2.45, 2.75) is 44.1 Å². The van der Waals surface area contributed by atoms with Crippen LogP contribution in [0.2, 0.25) is 0 Å². The van der Waals surface area contributed by atoms with Crippen LogP contribution in [-0.4, -0.2) is 29.3 Å². The molecule has 1 aliphatic heterocycles. The van der Waals surface area contributed by atoms with Gasteiger partial charge in [0.25, 0.3) is 0 Å². The first-order valence-corrected chi connectivity index (χ1v) is 12.8. The maximum Gasteiger partial charge on any atom is 0.307 e. The average molecular weight is 495 g/mol. The first-order valence-electron chi connectivity index (χ1n) is 12.8. The molecular weight excluding hydrogens is 464 g/mol. The smallest absolute Gasteiger partial charge is 0.307 e. The number of ether oxygens (including phenoxy) is 2. The average Bonchev–Trinajstić information content (AvgIpc) is 3.18. The monoisotopic (exact) mass is 494 g/mol. The molecule has 6 nitrogen and oxygen atoms in total. The van der Waals surface area contributed by atoms with E-state index in [2.05, 4.69) is 41.4 Å². The molecule has 4 aromatic rings. The van der Waals surface area contributed by atoms with Crippen molar-refractivity contribution in [1.82, 2.24) is 4.98 Å². The van der Waals surface area contributed by atoms with Crippen molar-refractivity contribution in [3.05, 3.63) is 89.1 Å². The van der Waals surface area contributed by atoms with Gasteiger partial charge in [-0.1, -0.05) is 36.4 Å². The molecule has 2 aliphatic rings. The van der Waals surface area contributed by atoms with Crippen LogP contribution in [0.1, 0.15) is 47.6 Å². The van der Waals surface area contributed by atoms with Crippen molar-refractivity contribution in [1.29, 1.82) is 0 Å². The quantitative estimate of drug-likeness (QED) is 0.354. The SMILES string of the molecule is Cc1cccc(OC2CC3(CCOCC3)c3ccc(-c4ccc5ccnc(N)c5c4)cc32)c1CC(=O)O. The van der Waals surface area contributed by atoms with E-state index in [9.17, 15) is 9.90 Å². The number of anilines is 1. The van der Waals surface area contributed by atoms with Gasteiger partial charge in [-0.05, 0) is 83.7 Å². The predicted molar refractivity (Wildman–Crippen MR) is 144 cm³/mol. The van der Waals surface area contributed by atoms with Crippen molar-refractivity contribution in [3.8, 4) is 16.9 Å². The third-order valence-corrected chi connectivity index (χ3v) is 8.09. The van der Waals surface area contributed by atoms with E-state index in [4.69, 9.17) is 15.2 Å². The number of aliphatic carboxylic acids is 1. The van der Waals surface area contributed by atoms with Gasteiger partial charge in [0.15, 0.2) is 0 Å². The zero-order valence-electron chi connectivity index (χ0n) is 20.9. The number of nitrogens with two attached hydrogens (primary N) is 1. The molecule has 0 saturated carbocycles. The Balaban J connectivity index is 1.43. The maximum absolute atomic E-state index is 11.6. The molecule has 37 heavy (non-hydrogen) atoms. The molecule has 1 unspecified atom stereocenters. The minimum absolute atomic E-state index is 0.00526. The number of nitrogen functional groups attached to an aromatic ring is 1. The van der Waals surface area contributed by atoms with Gasteiger partial charge < -0.3 is 20.3 Å². The highest BCUT2D eigenvalue weighted by Crippen LogP contribution is 2.53. The lowest BCUT2D eigenvalue weighted by molar-refractivity contribution is -0.136. The minimum Gasteiger partial charge on any atom is -0.485 e. The maximum atomic E-state index is 11.6. The number of rotatable bonds is 5. The van der Waals surface area contributed by atoms with Crippen LogP contribution in [0.3, 0.4) is 0 Å². The fraction of sp³-hybridized carbons (Fsp3) is 0.290. The molecule has 0 bridgehead atoms. The number of benzene rings is 3. The Morgan fingerprint density at radius 3 is 2.70 bits per heavy atom. The van der Waals surface area contributed by atoms with Gasteiger partial charge in [0.05, 0.1) is 6.42 Å². The number of pyridine rings is 1. The summed E-state index contributed by atoms with van der Waals surface area (Å²) in [6, 6.07) is 20.7. The molecule has 0 radical (unpaired) electrons. The van der Waals surface area contributed by atoms with E-state index in [0.717, 1.165) is 65.5 Å². The molecule has 3 N–H and O–H groups in total. The lowest BCUT2D eigenvalue weighted by atomic mass is 9.75. The fourth-order valence-corrected chi connectivity index (χ4v) is 6.09. The number of hydrogen-bond acceptors (Lipinski definition) is 5. The van der Waals surface area contributed by atoms with Crippen molar-refractivity contribution in [2.24, 2.45) is 0 Å². The zero-order chi connectivity index (χ0) is 25.6. The molecule has 1 saturated heterocycles. The van der Waals surface area contributed by atoms with Crippen LogP contribution in [0.5, 0.6) is 5.75 Å². The Morgan fingerprint density at radius 1 is 1.11 bits per heavy atom. The topological polar surface area (TPSA) is 94.7 Å². The van der Waals surface area contributed by atoms with Crippen LogP contribution in [0.15, 0.2) is 66.9 Å². The van der Waals surface area contributed by atoms with Gasteiger partial charge in [-0.25, -0.2) is 4.98 Å². The standard InChI is InChI=1S/C31H30N2O4/c1-19-3-2-4-27(23(19)17-29(34)35)37-28-18-31(10-13-36-14-11-31)26-8-7-22(16-25(26)28)21-6-5-20-9-12-33-30(32)24(20)15-21/h2-9,12,15-16,28H,10-11,13-14,17-18H2,1H3,(H2,32,33)(H,34,35). The van der Waals surface area contributed by atoms with E-state index in [0.29, 0.717) is 11.6 Å². The van der Waals surface area contributed by atoms with Crippen molar-refractivity contribution in [2.75, 3.05) is 18.9 Å². The fourth-order valence-electron chi connectivity index (χ4n) is 6.09. The summed E-state index contributed by atoms with van der Waals surface area (Å²) in [4.78, 5) is 15.8. The Hall–Kier alpha value is -3.90. The number of carboxylic acids is 1. The molecule has 1 spiro atoms. The summed E-state index contributed by atoms with van der Waals surface area (Å²) >= 11 is 0. The number of fused-ring (bicyclic) bond motifs is 3. The Bertz CT molecular complexity index is 1510. The molecule has 1 fully saturated rings.